The van der Waals surface area contributed by atoms with Gasteiger partial charge in [0.2, 0.25) is 0 Å². The van der Waals surface area contributed by atoms with Gasteiger partial charge in [-0.2, -0.15) is 0 Å². The highest BCUT2D eigenvalue weighted by atomic mass is 16.5. The van der Waals surface area contributed by atoms with Crippen LogP contribution in [0, 0.1) is 29.1 Å². The lowest BCUT2D eigenvalue weighted by Gasteiger charge is -2.51. The van der Waals surface area contributed by atoms with Crippen LogP contribution in [-0.4, -0.2) is 12.2 Å². The van der Waals surface area contributed by atoms with Gasteiger partial charge in [-0.3, -0.25) is 0 Å². The van der Waals surface area contributed by atoms with Gasteiger partial charge in [0.1, 0.15) is 0 Å². The molecular weight excluding hydrogens is 260 g/mol. The van der Waals surface area contributed by atoms with Gasteiger partial charge in [0.05, 0.1) is 7.11 Å². The van der Waals surface area contributed by atoms with E-state index >= 15 is 0 Å². The molecule has 21 heavy (non-hydrogen) atoms. The maximum Gasteiger partial charge on any atom is 0.161 e. The van der Waals surface area contributed by atoms with Gasteiger partial charge < -0.3 is 9.84 Å². The van der Waals surface area contributed by atoms with E-state index in [1.54, 1.807) is 7.11 Å². The van der Waals surface area contributed by atoms with Crippen molar-refractivity contribution < 1.29 is 9.84 Å². The lowest BCUT2D eigenvalue weighted by molar-refractivity contribution is 0.0227. The standard InChI is InChI=1S/C19H26O2/c1-19-10-3-4-16(19)14-5-6-15-12(13(14)9-11-19)7-8-17(21-2)18(15)20/h6-8,12-14,16,20H,3-5,9-11H2,1-2H3/t12-,13-,14-,16+,19+/m1/s1. The second-order valence-electron chi connectivity index (χ2n) is 7.72. The molecule has 0 aromatic carbocycles. The van der Waals surface area contributed by atoms with Crippen molar-refractivity contribution in [1.82, 2.24) is 0 Å². The second kappa shape index (κ2) is 4.66. The van der Waals surface area contributed by atoms with Crippen molar-refractivity contribution in [2.45, 2.75) is 45.4 Å². The van der Waals surface area contributed by atoms with Crippen LogP contribution in [0.2, 0.25) is 0 Å². The van der Waals surface area contributed by atoms with Gasteiger partial charge in [0.15, 0.2) is 11.5 Å². The SMILES string of the molecule is COC1=C(O)C2=CC[C@@H]3[C@H](CC[C@]4(C)CCC[C@@H]34)[C@H]2C=C1. The molecule has 0 bridgehead atoms. The van der Waals surface area contributed by atoms with Crippen LogP contribution in [-0.2, 0) is 4.74 Å². The minimum Gasteiger partial charge on any atom is -0.504 e. The van der Waals surface area contributed by atoms with Crippen molar-refractivity contribution in [2.75, 3.05) is 7.11 Å². The molecular formula is C19H26O2. The summed E-state index contributed by atoms with van der Waals surface area (Å²) in [6, 6.07) is 0. The second-order valence-corrected chi connectivity index (χ2v) is 7.72. The van der Waals surface area contributed by atoms with Crippen molar-refractivity contribution in [1.29, 1.82) is 0 Å². The summed E-state index contributed by atoms with van der Waals surface area (Å²) in [6.45, 7) is 2.53. The molecule has 0 heterocycles. The summed E-state index contributed by atoms with van der Waals surface area (Å²) in [5, 5.41) is 10.4. The minimum absolute atomic E-state index is 0.378. The van der Waals surface area contributed by atoms with Crippen molar-refractivity contribution in [2.24, 2.45) is 29.1 Å². The molecule has 0 amide bonds. The molecule has 2 nitrogen and oxygen atoms in total. The molecule has 0 saturated heterocycles. The summed E-state index contributed by atoms with van der Waals surface area (Å²) < 4.78 is 5.28. The summed E-state index contributed by atoms with van der Waals surface area (Å²) in [7, 11) is 1.63. The molecule has 2 fully saturated rings. The van der Waals surface area contributed by atoms with Crippen LogP contribution in [0.4, 0.5) is 0 Å². The fourth-order valence-corrected chi connectivity index (χ4v) is 5.80. The van der Waals surface area contributed by atoms with E-state index in [1.165, 1.54) is 32.1 Å². The van der Waals surface area contributed by atoms with Gasteiger partial charge in [-0.1, -0.05) is 25.5 Å². The van der Waals surface area contributed by atoms with Gasteiger partial charge in [-0.05, 0) is 61.3 Å². The Hall–Kier alpha value is -1.18. The lowest BCUT2D eigenvalue weighted by Crippen LogP contribution is -2.43. The molecule has 114 valence electrons. The van der Waals surface area contributed by atoms with Gasteiger partial charge in [-0.15, -0.1) is 0 Å². The number of rotatable bonds is 1. The topological polar surface area (TPSA) is 29.5 Å². The molecule has 0 aromatic rings. The number of aliphatic hydroxyl groups is 1. The largest absolute Gasteiger partial charge is 0.504 e. The lowest BCUT2D eigenvalue weighted by atomic mass is 9.54. The molecule has 0 unspecified atom stereocenters. The van der Waals surface area contributed by atoms with Crippen molar-refractivity contribution in [3.63, 3.8) is 0 Å². The fourth-order valence-electron chi connectivity index (χ4n) is 5.80. The fraction of sp³-hybridized carbons (Fsp3) is 0.684. The quantitative estimate of drug-likeness (QED) is 0.753. The number of allylic oxidation sites excluding steroid dienone is 4. The summed E-state index contributed by atoms with van der Waals surface area (Å²) in [6.07, 6.45) is 14.7. The van der Waals surface area contributed by atoms with E-state index in [9.17, 15) is 5.11 Å². The van der Waals surface area contributed by atoms with Gasteiger partial charge >= 0.3 is 0 Å². The monoisotopic (exact) mass is 286 g/mol. The molecule has 4 aliphatic rings. The maximum atomic E-state index is 10.4. The number of hydrogen-bond acceptors (Lipinski definition) is 2. The summed E-state index contributed by atoms with van der Waals surface area (Å²) >= 11 is 0. The molecule has 0 spiro atoms. The molecule has 0 aromatic heterocycles. The third kappa shape index (κ3) is 1.84. The van der Waals surface area contributed by atoms with Gasteiger partial charge in [-0.25, -0.2) is 0 Å². The van der Waals surface area contributed by atoms with Crippen molar-refractivity contribution in [3.8, 4) is 0 Å². The molecule has 4 aliphatic carbocycles. The van der Waals surface area contributed by atoms with E-state index in [0.29, 0.717) is 22.9 Å². The van der Waals surface area contributed by atoms with Crippen LogP contribution >= 0.6 is 0 Å². The average molecular weight is 286 g/mol. The van der Waals surface area contributed by atoms with E-state index in [2.05, 4.69) is 19.1 Å². The summed E-state index contributed by atoms with van der Waals surface area (Å²) in [5.41, 5.74) is 1.72. The highest BCUT2D eigenvalue weighted by Crippen LogP contribution is 2.60. The van der Waals surface area contributed by atoms with Gasteiger partial charge in [0.25, 0.3) is 0 Å². The Labute approximate surface area is 127 Å². The van der Waals surface area contributed by atoms with E-state index in [0.717, 1.165) is 29.7 Å². The normalized spacial score (nSPS) is 44.8. The maximum absolute atomic E-state index is 10.4. The number of hydrogen-bond donors (Lipinski definition) is 1. The third-order valence-electron chi connectivity index (χ3n) is 6.89. The van der Waals surface area contributed by atoms with Crippen molar-refractivity contribution in [3.05, 3.63) is 35.3 Å². The minimum atomic E-state index is 0.378. The molecule has 4 rings (SSSR count). The first kappa shape index (κ1) is 13.5. The summed E-state index contributed by atoms with van der Waals surface area (Å²) in [4.78, 5) is 0. The Morgan fingerprint density at radius 3 is 2.90 bits per heavy atom. The molecule has 2 heteroatoms. The Balaban J connectivity index is 1.68. The number of fused-ring (bicyclic) bond motifs is 5. The van der Waals surface area contributed by atoms with Crippen LogP contribution in [0.15, 0.2) is 35.3 Å². The van der Waals surface area contributed by atoms with Crippen LogP contribution in [0.5, 0.6) is 0 Å². The first-order valence-corrected chi connectivity index (χ1v) is 8.50. The Morgan fingerprint density at radius 1 is 1.24 bits per heavy atom. The average Bonchev–Trinajstić information content (AvgIpc) is 2.89. The van der Waals surface area contributed by atoms with Gasteiger partial charge in [0, 0.05) is 11.5 Å². The molecule has 1 N–H and O–H groups in total. The van der Waals surface area contributed by atoms with E-state index in [4.69, 9.17) is 4.74 Å². The molecule has 5 atom stereocenters. The van der Waals surface area contributed by atoms with Crippen LogP contribution in [0.3, 0.4) is 0 Å². The highest BCUT2D eigenvalue weighted by Gasteiger charge is 2.51. The first-order valence-electron chi connectivity index (χ1n) is 8.50. The van der Waals surface area contributed by atoms with Crippen LogP contribution in [0.1, 0.15) is 45.4 Å². The molecule has 0 aliphatic heterocycles. The van der Waals surface area contributed by atoms with Crippen molar-refractivity contribution >= 4 is 0 Å². The first-order chi connectivity index (χ1) is 10.1. The summed E-state index contributed by atoms with van der Waals surface area (Å²) in [5.74, 6) is 3.85. The predicted octanol–water partition coefficient (Wildman–Crippen LogP) is 4.75. The van der Waals surface area contributed by atoms with Crippen LogP contribution < -0.4 is 0 Å². The van der Waals surface area contributed by atoms with Crippen LogP contribution in [0.25, 0.3) is 0 Å². The third-order valence-corrected chi connectivity index (χ3v) is 6.89. The number of aliphatic hydroxyl groups excluding tert-OH is 1. The van der Waals surface area contributed by atoms with E-state index < -0.39 is 0 Å². The van der Waals surface area contributed by atoms with E-state index in [1.807, 2.05) is 6.08 Å². The zero-order chi connectivity index (χ0) is 14.6. The smallest absolute Gasteiger partial charge is 0.161 e. The van der Waals surface area contributed by atoms with E-state index in [-0.39, 0.29) is 0 Å². The predicted molar refractivity (Wildman–Crippen MR) is 83.7 cm³/mol. The Kier molecular flexibility index (Phi) is 2.99. The zero-order valence-corrected chi connectivity index (χ0v) is 13.1. The number of ether oxygens (including phenoxy) is 1. The Morgan fingerprint density at radius 2 is 2.10 bits per heavy atom. The highest BCUT2D eigenvalue weighted by molar-refractivity contribution is 5.43. The molecule has 2 saturated carbocycles. The number of methoxy groups -OCH3 is 1. The Bertz CT molecular complexity index is 542. The zero-order valence-electron chi connectivity index (χ0n) is 13.1. The molecule has 0 radical (unpaired) electrons.